The molecule has 2 N–H and O–H groups in total. The van der Waals surface area contributed by atoms with Gasteiger partial charge in [0, 0.05) is 34.2 Å². The van der Waals surface area contributed by atoms with E-state index in [4.69, 9.17) is 9.52 Å². The second-order valence-corrected chi connectivity index (χ2v) is 10.3. The maximum Gasteiger partial charge on any atom is 0.230 e. The first-order valence-corrected chi connectivity index (χ1v) is 12.8. The molecule has 0 fully saturated rings. The first-order chi connectivity index (χ1) is 16.7. The summed E-state index contributed by atoms with van der Waals surface area (Å²) < 4.78 is 52.3. The van der Waals surface area contributed by atoms with Crippen LogP contribution in [0.15, 0.2) is 73.1 Å². The van der Waals surface area contributed by atoms with Crippen molar-refractivity contribution in [2.45, 2.75) is 12.2 Å². The van der Waals surface area contributed by atoms with Crippen LogP contribution in [0.5, 0.6) is 5.75 Å². The second kappa shape index (κ2) is 10.6. The molecule has 10 heteroatoms. The molecule has 180 valence electrons. The number of nitrogens with zero attached hydrogens (tertiary/aromatic N) is 3. The highest BCUT2D eigenvalue weighted by Crippen LogP contribution is 2.29. The zero-order valence-electron chi connectivity index (χ0n) is 18.9. The summed E-state index contributed by atoms with van der Waals surface area (Å²) in [7, 11) is -2.68. The lowest BCUT2D eigenvalue weighted by molar-refractivity contribution is 0.321. The molecule has 0 amide bonds. The van der Waals surface area contributed by atoms with Crippen molar-refractivity contribution in [1.82, 2.24) is 15.0 Å². The predicted molar refractivity (Wildman–Crippen MR) is 131 cm³/mol. The second-order valence-electron chi connectivity index (χ2n) is 7.97. The Bertz CT molecular complexity index is 1430. The average Bonchev–Trinajstić information content (AvgIpc) is 2.80. The molecule has 0 radical (unpaired) electrons. The number of benzene rings is 3. The number of hydrogen-bond acceptors (Lipinski definition) is 7. The van der Waals surface area contributed by atoms with Gasteiger partial charge in [-0.2, -0.15) is 4.98 Å². The van der Waals surface area contributed by atoms with Crippen molar-refractivity contribution >= 4 is 21.4 Å². The van der Waals surface area contributed by atoms with E-state index in [1.807, 2.05) is 0 Å². The van der Waals surface area contributed by atoms with Gasteiger partial charge in [-0.05, 0) is 47.5 Å². The molecule has 4 rings (SSSR count). The van der Waals surface area contributed by atoms with E-state index < -0.39 is 15.5 Å². The van der Waals surface area contributed by atoms with Crippen LogP contribution in [0.1, 0.15) is 11.1 Å². The Labute approximate surface area is 202 Å². The number of rotatable bonds is 9. The lowest BCUT2D eigenvalue weighted by Gasteiger charge is -2.12. The summed E-state index contributed by atoms with van der Waals surface area (Å²) in [6.45, 7) is 0.252. The van der Waals surface area contributed by atoms with E-state index in [-0.39, 0.29) is 35.7 Å². The summed E-state index contributed by atoms with van der Waals surface area (Å²) in [5.41, 5.74) is 2.80. The minimum absolute atomic E-state index is 0.138. The van der Waals surface area contributed by atoms with Crippen LogP contribution in [0.4, 0.5) is 20.4 Å². The van der Waals surface area contributed by atoms with Gasteiger partial charge in [0.1, 0.15) is 23.7 Å². The summed E-state index contributed by atoms with van der Waals surface area (Å²) in [6, 6.07) is 17.4. The first-order valence-electron chi connectivity index (χ1n) is 10.7. The van der Waals surface area contributed by atoms with Gasteiger partial charge in [0.05, 0.1) is 17.9 Å². The Morgan fingerprint density at radius 2 is 1.74 bits per heavy atom. The van der Waals surface area contributed by atoms with E-state index in [0.717, 1.165) is 11.1 Å². The smallest absolute Gasteiger partial charge is 0.230 e. The first kappa shape index (κ1) is 24.2. The highest BCUT2D eigenvalue weighted by molar-refractivity contribution is 7.90. The van der Waals surface area contributed by atoms with Crippen molar-refractivity contribution < 1.29 is 17.7 Å². The van der Waals surface area contributed by atoms with Gasteiger partial charge in [-0.15, -0.1) is 0 Å². The van der Waals surface area contributed by atoms with Crippen molar-refractivity contribution in [2.24, 2.45) is 0 Å². The SMILES string of the molecule is CS(=N)(=O)Cc1cccc(Nc2ncnc(-c3ccc(F)cc3OCCc3ccc(F)cc3)n2)c1. The van der Waals surface area contributed by atoms with Gasteiger partial charge in [-0.25, -0.2) is 23.0 Å². The molecular weight excluding hydrogens is 472 g/mol. The average molecular weight is 496 g/mol. The molecule has 1 aromatic heterocycles. The molecule has 1 atom stereocenters. The van der Waals surface area contributed by atoms with Gasteiger partial charge < -0.3 is 10.1 Å². The Morgan fingerprint density at radius 3 is 2.51 bits per heavy atom. The Morgan fingerprint density at radius 1 is 0.971 bits per heavy atom. The van der Waals surface area contributed by atoms with Crippen molar-refractivity contribution in [3.05, 3.63) is 95.8 Å². The predicted octanol–water partition coefficient (Wildman–Crippen LogP) is 5.36. The summed E-state index contributed by atoms with van der Waals surface area (Å²) >= 11 is 0. The molecule has 3 aromatic carbocycles. The third-order valence-corrected chi connectivity index (χ3v) is 5.83. The fraction of sp³-hybridized carbons (Fsp3) is 0.160. The monoisotopic (exact) mass is 495 g/mol. The Balaban J connectivity index is 1.52. The van der Waals surface area contributed by atoms with Crippen molar-refractivity contribution in [3.63, 3.8) is 0 Å². The van der Waals surface area contributed by atoms with Crippen molar-refractivity contribution in [1.29, 1.82) is 4.78 Å². The molecule has 0 aliphatic heterocycles. The number of aromatic nitrogens is 3. The van der Waals surface area contributed by atoms with Crippen LogP contribution in [-0.4, -0.2) is 32.0 Å². The maximum atomic E-state index is 14.0. The van der Waals surface area contributed by atoms with Crippen LogP contribution in [0.25, 0.3) is 11.4 Å². The summed E-state index contributed by atoms with van der Waals surface area (Å²) in [5.74, 6) is 0.194. The van der Waals surface area contributed by atoms with Gasteiger partial charge in [0.15, 0.2) is 5.82 Å². The Hall–Kier alpha value is -3.92. The molecular formula is C25H23F2N5O2S. The van der Waals surface area contributed by atoms with Crippen LogP contribution in [-0.2, 0) is 21.9 Å². The molecule has 0 bridgehead atoms. The van der Waals surface area contributed by atoms with Gasteiger partial charge in [0.2, 0.25) is 5.95 Å². The van der Waals surface area contributed by atoms with E-state index >= 15 is 0 Å². The number of nitrogens with one attached hydrogen (secondary N) is 2. The quantitative estimate of drug-likeness (QED) is 0.324. The largest absolute Gasteiger partial charge is 0.492 e. The van der Waals surface area contributed by atoms with Crippen LogP contribution >= 0.6 is 0 Å². The molecule has 7 nitrogen and oxygen atoms in total. The van der Waals surface area contributed by atoms with Crippen LogP contribution < -0.4 is 10.1 Å². The highest BCUT2D eigenvalue weighted by atomic mass is 32.2. The molecule has 0 saturated heterocycles. The molecule has 4 aromatic rings. The number of anilines is 2. The third kappa shape index (κ3) is 7.03. The molecule has 1 unspecified atom stereocenters. The number of hydrogen-bond donors (Lipinski definition) is 2. The molecule has 0 spiro atoms. The van der Waals surface area contributed by atoms with Crippen LogP contribution in [0.2, 0.25) is 0 Å². The third-order valence-electron chi connectivity index (χ3n) is 4.94. The fourth-order valence-corrected chi connectivity index (χ4v) is 4.22. The van der Waals surface area contributed by atoms with Crippen molar-refractivity contribution in [2.75, 3.05) is 18.2 Å². The Kier molecular flexibility index (Phi) is 7.31. The fourth-order valence-electron chi connectivity index (χ4n) is 3.40. The number of halogens is 2. The molecule has 35 heavy (non-hydrogen) atoms. The van der Waals surface area contributed by atoms with E-state index in [0.29, 0.717) is 17.7 Å². The zero-order valence-corrected chi connectivity index (χ0v) is 19.7. The van der Waals surface area contributed by atoms with Crippen LogP contribution in [0.3, 0.4) is 0 Å². The minimum atomic E-state index is -2.68. The number of ether oxygens (including phenoxy) is 1. The molecule has 1 heterocycles. The molecule has 0 aliphatic rings. The van der Waals surface area contributed by atoms with E-state index in [2.05, 4.69) is 20.3 Å². The van der Waals surface area contributed by atoms with Gasteiger partial charge in [0.25, 0.3) is 0 Å². The topological polar surface area (TPSA) is 101 Å². The lowest BCUT2D eigenvalue weighted by Crippen LogP contribution is -2.05. The molecule has 0 aliphatic carbocycles. The standard InChI is InChI=1S/C25H23F2N5O2S/c1-35(28,33)15-18-3-2-4-21(13-18)31-25-30-16-29-24(32-25)22-10-9-20(27)14-23(22)34-12-11-17-5-7-19(26)8-6-17/h2-10,13-14,16,28H,11-12,15H2,1H3,(H,29,30,31,32). The van der Waals surface area contributed by atoms with E-state index in [1.54, 1.807) is 36.4 Å². The maximum absolute atomic E-state index is 14.0. The summed E-state index contributed by atoms with van der Waals surface area (Å²) in [5, 5.41) is 3.08. The zero-order chi connectivity index (χ0) is 24.8. The lowest BCUT2D eigenvalue weighted by atomic mass is 10.1. The van der Waals surface area contributed by atoms with E-state index in [9.17, 15) is 13.0 Å². The van der Waals surface area contributed by atoms with Gasteiger partial charge in [-0.1, -0.05) is 24.3 Å². The summed E-state index contributed by atoms with van der Waals surface area (Å²) in [6.07, 6.45) is 3.25. The normalized spacial score (nSPS) is 12.7. The highest BCUT2D eigenvalue weighted by Gasteiger charge is 2.13. The minimum Gasteiger partial charge on any atom is -0.492 e. The van der Waals surface area contributed by atoms with E-state index in [1.165, 1.54) is 42.9 Å². The van der Waals surface area contributed by atoms with Crippen molar-refractivity contribution in [3.8, 4) is 17.1 Å². The van der Waals surface area contributed by atoms with Gasteiger partial charge >= 0.3 is 0 Å². The van der Waals surface area contributed by atoms with Crippen LogP contribution in [0, 0.1) is 16.4 Å². The van der Waals surface area contributed by atoms with Gasteiger partial charge in [-0.3, -0.25) is 4.78 Å². The molecule has 0 saturated carbocycles. The summed E-state index contributed by atoms with van der Waals surface area (Å²) in [4.78, 5) is 12.8.